The number of aromatic nitrogens is 2. The van der Waals surface area contributed by atoms with Gasteiger partial charge in [-0.15, -0.1) is 4.37 Å². The van der Waals surface area contributed by atoms with Crippen LogP contribution in [0.25, 0.3) is 0 Å². The summed E-state index contributed by atoms with van der Waals surface area (Å²) in [5.74, 6) is -1.11. The molecule has 23 heavy (non-hydrogen) atoms. The highest BCUT2D eigenvalue weighted by molar-refractivity contribution is 7.09. The van der Waals surface area contributed by atoms with Gasteiger partial charge in [0.25, 0.3) is 0 Å². The van der Waals surface area contributed by atoms with Crippen molar-refractivity contribution in [2.45, 2.75) is 45.2 Å². The minimum Gasteiger partial charge on any atom is -0.480 e. The van der Waals surface area contributed by atoms with Gasteiger partial charge in [0, 0.05) is 18.1 Å². The zero-order valence-corrected chi connectivity index (χ0v) is 14.3. The van der Waals surface area contributed by atoms with Gasteiger partial charge in [0.15, 0.2) is 0 Å². The summed E-state index contributed by atoms with van der Waals surface area (Å²) in [6.07, 6.45) is 1.99. The van der Waals surface area contributed by atoms with Crippen molar-refractivity contribution in [3.63, 3.8) is 0 Å². The Bertz CT molecular complexity index is 565. The Labute approximate surface area is 139 Å². The van der Waals surface area contributed by atoms with Crippen molar-refractivity contribution in [3.05, 3.63) is 0 Å². The van der Waals surface area contributed by atoms with Crippen LogP contribution in [0.4, 0.5) is 5.13 Å². The monoisotopic (exact) mass is 342 g/mol. The van der Waals surface area contributed by atoms with Gasteiger partial charge in [-0.3, -0.25) is 4.79 Å². The second kappa shape index (κ2) is 7.58. The van der Waals surface area contributed by atoms with Crippen LogP contribution in [0.2, 0.25) is 0 Å². The molecular weight excluding hydrogens is 320 g/mol. The average molecular weight is 342 g/mol. The molecule has 9 heteroatoms. The zero-order valence-electron chi connectivity index (χ0n) is 13.5. The topological polar surface area (TPSA) is 105 Å². The lowest BCUT2D eigenvalue weighted by molar-refractivity contribution is -0.148. The van der Waals surface area contributed by atoms with Crippen LogP contribution in [-0.2, 0) is 9.59 Å². The molecule has 0 saturated carbocycles. The Kier molecular flexibility index (Phi) is 5.75. The smallest absolute Gasteiger partial charge is 0.329 e. The van der Waals surface area contributed by atoms with Crippen LogP contribution in [0.5, 0.6) is 6.01 Å². The van der Waals surface area contributed by atoms with Crippen LogP contribution in [0, 0.1) is 5.92 Å². The van der Waals surface area contributed by atoms with Gasteiger partial charge in [-0.05, 0) is 18.8 Å². The molecule has 0 aromatic carbocycles. The number of hydrogen-bond donors (Lipinski definition) is 2. The first kappa shape index (κ1) is 17.5. The number of aliphatic carboxylic acids is 1. The highest BCUT2D eigenvalue weighted by Crippen LogP contribution is 2.25. The van der Waals surface area contributed by atoms with Crippen molar-refractivity contribution >= 4 is 28.5 Å². The average Bonchev–Trinajstić information content (AvgIpc) is 3.19. The summed E-state index contributed by atoms with van der Waals surface area (Å²) in [6, 6.07) is -1.02. The van der Waals surface area contributed by atoms with Gasteiger partial charge in [-0.1, -0.05) is 20.3 Å². The lowest BCUT2D eigenvalue weighted by Crippen LogP contribution is -2.50. The highest BCUT2D eigenvalue weighted by atomic mass is 32.1. The number of carboxylic acid groups (broad SMARTS) is 1. The summed E-state index contributed by atoms with van der Waals surface area (Å²) in [4.78, 5) is 29.8. The van der Waals surface area contributed by atoms with E-state index in [0.29, 0.717) is 24.5 Å². The Morgan fingerprint density at radius 3 is 2.87 bits per heavy atom. The molecule has 8 nitrogen and oxygen atoms in total. The maximum atomic E-state index is 12.9. The fourth-order valence-electron chi connectivity index (χ4n) is 2.63. The standard InChI is InChI=1S/C14H22N4O4S/c1-4-8(2)10(15-14-16-13(22-3)17-23-14)11(19)18-7-5-6-9(18)12(20)21/h8-10H,4-7H2,1-3H3,(H,20,21)(H,15,16,17)/t8-,9-,10-/m0/s1. The van der Waals surface area contributed by atoms with Crippen LogP contribution >= 0.6 is 11.5 Å². The summed E-state index contributed by atoms with van der Waals surface area (Å²) in [7, 11) is 1.48. The van der Waals surface area contributed by atoms with E-state index >= 15 is 0 Å². The maximum Gasteiger partial charge on any atom is 0.329 e. The van der Waals surface area contributed by atoms with E-state index in [2.05, 4.69) is 14.7 Å². The Morgan fingerprint density at radius 2 is 2.30 bits per heavy atom. The van der Waals surface area contributed by atoms with E-state index in [9.17, 15) is 14.7 Å². The Morgan fingerprint density at radius 1 is 1.57 bits per heavy atom. The minimum atomic E-state index is -0.948. The van der Waals surface area contributed by atoms with Gasteiger partial charge in [0.1, 0.15) is 12.1 Å². The Balaban J connectivity index is 2.17. The van der Waals surface area contributed by atoms with Crippen LogP contribution in [0.3, 0.4) is 0 Å². The molecule has 1 aliphatic heterocycles. The quantitative estimate of drug-likeness (QED) is 0.772. The molecule has 0 aliphatic carbocycles. The first-order chi connectivity index (χ1) is 11.0. The van der Waals surface area contributed by atoms with Gasteiger partial charge in [-0.25, -0.2) is 4.79 Å². The second-order valence-corrected chi connectivity index (χ2v) is 6.37. The molecule has 1 aromatic rings. The number of likely N-dealkylation sites (tertiary alicyclic amines) is 1. The van der Waals surface area contributed by atoms with Gasteiger partial charge in [-0.2, -0.15) is 4.98 Å². The summed E-state index contributed by atoms with van der Waals surface area (Å²) in [5, 5.41) is 12.9. The van der Waals surface area contributed by atoms with E-state index in [1.165, 1.54) is 12.0 Å². The first-order valence-electron chi connectivity index (χ1n) is 7.65. The number of rotatable bonds is 7. The molecule has 0 radical (unpaired) electrons. The number of nitrogens with one attached hydrogen (secondary N) is 1. The third-order valence-electron chi connectivity index (χ3n) is 4.17. The van der Waals surface area contributed by atoms with Crippen molar-refractivity contribution in [3.8, 4) is 6.01 Å². The largest absolute Gasteiger partial charge is 0.480 e. The van der Waals surface area contributed by atoms with Gasteiger partial charge in [0.05, 0.1) is 7.11 Å². The molecule has 1 saturated heterocycles. The lowest BCUT2D eigenvalue weighted by Gasteiger charge is -2.30. The Hall–Kier alpha value is -1.90. The molecule has 2 heterocycles. The number of carboxylic acids is 1. The zero-order chi connectivity index (χ0) is 17.0. The number of ether oxygens (including phenoxy) is 1. The molecule has 128 valence electrons. The number of methoxy groups -OCH3 is 1. The van der Waals surface area contributed by atoms with Crippen LogP contribution in [0.1, 0.15) is 33.1 Å². The van der Waals surface area contributed by atoms with E-state index in [4.69, 9.17) is 4.74 Å². The highest BCUT2D eigenvalue weighted by Gasteiger charge is 2.38. The third kappa shape index (κ3) is 3.90. The summed E-state index contributed by atoms with van der Waals surface area (Å²) < 4.78 is 8.95. The summed E-state index contributed by atoms with van der Waals surface area (Å²) >= 11 is 1.11. The molecule has 0 unspecified atom stereocenters. The molecule has 1 amide bonds. The van der Waals surface area contributed by atoms with E-state index in [1.54, 1.807) is 0 Å². The predicted octanol–water partition coefficient (Wildman–Crippen LogP) is 1.45. The summed E-state index contributed by atoms with van der Waals surface area (Å²) in [6.45, 7) is 4.43. The van der Waals surface area contributed by atoms with Gasteiger partial charge in [0.2, 0.25) is 11.0 Å². The molecule has 0 bridgehead atoms. The molecule has 2 rings (SSSR count). The summed E-state index contributed by atoms with van der Waals surface area (Å²) in [5.41, 5.74) is 0. The van der Waals surface area contributed by atoms with Crippen molar-refractivity contribution in [2.24, 2.45) is 5.92 Å². The number of anilines is 1. The van der Waals surface area contributed by atoms with Gasteiger partial charge < -0.3 is 20.1 Å². The molecule has 3 atom stereocenters. The van der Waals surface area contributed by atoms with Crippen molar-refractivity contribution in [1.29, 1.82) is 0 Å². The number of amides is 1. The first-order valence-corrected chi connectivity index (χ1v) is 8.42. The molecule has 1 aliphatic rings. The second-order valence-electron chi connectivity index (χ2n) is 5.62. The fourth-order valence-corrected chi connectivity index (χ4v) is 3.21. The molecule has 1 fully saturated rings. The molecular formula is C14H22N4O4S. The SMILES string of the molecule is CC[C@H](C)[C@H](Nc1nc(OC)ns1)C(=O)N1CCC[C@H]1C(=O)O. The molecule has 0 spiro atoms. The van der Waals surface area contributed by atoms with Gasteiger partial charge >= 0.3 is 12.0 Å². The third-order valence-corrected chi connectivity index (χ3v) is 4.80. The van der Waals surface area contributed by atoms with E-state index < -0.39 is 18.1 Å². The molecule has 2 N–H and O–H groups in total. The van der Waals surface area contributed by atoms with Crippen molar-refractivity contribution < 1.29 is 19.4 Å². The number of nitrogens with zero attached hydrogens (tertiary/aromatic N) is 3. The van der Waals surface area contributed by atoms with Crippen molar-refractivity contribution in [2.75, 3.05) is 19.0 Å². The van der Waals surface area contributed by atoms with Crippen LogP contribution in [-0.4, -0.2) is 57.0 Å². The van der Waals surface area contributed by atoms with E-state index in [1.807, 2.05) is 13.8 Å². The number of hydrogen-bond acceptors (Lipinski definition) is 7. The number of carbonyl (C=O) groups is 2. The lowest BCUT2D eigenvalue weighted by atomic mass is 9.97. The van der Waals surface area contributed by atoms with Crippen LogP contribution < -0.4 is 10.1 Å². The number of carbonyl (C=O) groups excluding carboxylic acids is 1. The van der Waals surface area contributed by atoms with E-state index in [-0.39, 0.29) is 17.8 Å². The minimum absolute atomic E-state index is 0.0347. The van der Waals surface area contributed by atoms with Crippen molar-refractivity contribution in [1.82, 2.24) is 14.3 Å². The molecule has 1 aromatic heterocycles. The maximum absolute atomic E-state index is 12.9. The normalized spacial score (nSPS) is 20.1. The predicted molar refractivity (Wildman–Crippen MR) is 85.7 cm³/mol. The van der Waals surface area contributed by atoms with Crippen LogP contribution in [0.15, 0.2) is 0 Å². The van der Waals surface area contributed by atoms with E-state index in [0.717, 1.165) is 18.0 Å². The fraction of sp³-hybridized carbons (Fsp3) is 0.714.